The summed E-state index contributed by atoms with van der Waals surface area (Å²) in [4.78, 5) is 35.4. The van der Waals surface area contributed by atoms with Crippen molar-refractivity contribution in [3.63, 3.8) is 0 Å². The largest absolute Gasteiger partial charge is 0.480 e. The first-order valence-corrected chi connectivity index (χ1v) is 7.65. The van der Waals surface area contributed by atoms with Gasteiger partial charge in [-0.2, -0.15) is 5.26 Å². The van der Waals surface area contributed by atoms with Crippen molar-refractivity contribution in [2.75, 3.05) is 7.11 Å². The molecule has 2 rings (SSSR count). The highest BCUT2D eigenvalue weighted by Crippen LogP contribution is 2.10. The molecule has 132 valence electrons. The summed E-state index contributed by atoms with van der Waals surface area (Å²) in [6, 6.07) is 13.1. The predicted molar refractivity (Wildman–Crippen MR) is 91.5 cm³/mol. The fourth-order valence-electron chi connectivity index (χ4n) is 2.35. The molecule has 0 aliphatic heterocycles. The zero-order valence-corrected chi connectivity index (χ0v) is 13.9. The van der Waals surface area contributed by atoms with Crippen LogP contribution in [0.25, 0.3) is 0 Å². The van der Waals surface area contributed by atoms with Crippen LogP contribution in [0.3, 0.4) is 0 Å². The van der Waals surface area contributed by atoms with Crippen LogP contribution in [0.4, 0.5) is 0 Å². The van der Waals surface area contributed by atoms with Crippen LogP contribution in [0.2, 0.25) is 0 Å². The lowest BCUT2D eigenvalue weighted by atomic mass is 10.0. The van der Waals surface area contributed by atoms with Crippen molar-refractivity contribution in [2.45, 2.75) is 12.5 Å². The monoisotopic (exact) mass is 352 g/mol. The molecule has 0 radical (unpaired) electrons. The zero-order valence-electron chi connectivity index (χ0n) is 13.9. The Hall–Kier alpha value is -3.66. The Balaban J connectivity index is 2.17. The van der Waals surface area contributed by atoms with E-state index in [1.165, 1.54) is 31.4 Å². The third-order valence-electron chi connectivity index (χ3n) is 3.65. The van der Waals surface area contributed by atoms with Crippen molar-refractivity contribution in [2.24, 2.45) is 0 Å². The second-order valence-corrected chi connectivity index (χ2v) is 5.45. The van der Waals surface area contributed by atoms with Gasteiger partial charge in [0, 0.05) is 12.0 Å². The van der Waals surface area contributed by atoms with Gasteiger partial charge in [0.1, 0.15) is 6.04 Å². The van der Waals surface area contributed by atoms with Gasteiger partial charge in [-0.15, -0.1) is 0 Å². The molecule has 2 aromatic carbocycles. The number of carboxylic acids is 1. The first-order chi connectivity index (χ1) is 12.4. The lowest BCUT2D eigenvalue weighted by molar-refractivity contribution is -0.139. The number of benzene rings is 2. The number of hydrogen-bond acceptors (Lipinski definition) is 5. The van der Waals surface area contributed by atoms with E-state index in [2.05, 4.69) is 10.1 Å². The average Bonchev–Trinajstić information content (AvgIpc) is 2.66. The number of hydrogen-bond donors (Lipinski definition) is 2. The minimum Gasteiger partial charge on any atom is -0.480 e. The van der Waals surface area contributed by atoms with Gasteiger partial charge in [-0.05, 0) is 35.9 Å². The molecular formula is C19H16N2O5. The molecule has 0 heterocycles. The van der Waals surface area contributed by atoms with Crippen LogP contribution in [0.5, 0.6) is 0 Å². The van der Waals surface area contributed by atoms with Crippen LogP contribution in [0, 0.1) is 11.3 Å². The average molecular weight is 352 g/mol. The summed E-state index contributed by atoms with van der Waals surface area (Å²) >= 11 is 0. The highest BCUT2D eigenvalue weighted by Gasteiger charge is 2.22. The highest BCUT2D eigenvalue weighted by atomic mass is 16.5. The Bertz CT molecular complexity index is 885. The number of carbonyl (C=O) groups is 3. The first-order valence-electron chi connectivity index (χ1n) is 7.65. The molecule has 0 unspecified atom stereocenters. The van der Waals surface area contributed by atoms with E-state index in [4.69, 9.17) is 5.26 Å². The van der Waals surface area contributed by atoms with E-state index < -0.39 is 23.9 Å². The number of carbonyl (C=O) groups excluding carboxylic acids is 2. The van der Waals surface area contributed by atoms with Crippen molar-refractivity contribution in [1.82, 2.24) is 5.32 Å². The fraction of sp³-hybridized carbons (Fsp3) is 0.158. The molecule has 0 fully saturated rings. The molecule has 2 aromatic rings. The van der Waals surface area contributed by atoms with Crippen LogP contribution < -0.4 is 5.32 Å². The fourth-order valence-corrected chi connectivity index (χ4v) is 2.35. The quantitative estimate of drug-likeness (QED) is 0.765. The molecule has 7 heteroatoms. The molecule has 0 spiro atoms. The van der Waals surface area contributed by atoms with Crippen LogP contribution in [-0.4, -0.2) is 36.1 Å². The number of methoxy groups -OCH3 is 1. The maximum Gasteiger partial charge on any atom is 0.337 e. The maximum atomic E-state index is 12.4. The van der Waals surface area contributed by atoms with Crippen LogP contribution in [0.1, 0.15) is 31.8 Å². The topological polar surface area (TPSA) is 116 Å². The Kier molecular flexibility index (Phi) is 6.06. The standard InChI is InChI=1S/C19H16N2O5/c1-26-19(25)15-7-3-6-14(10-15)17(22)21-16(18(23)24)9-12-4-2-5-13(8-12)11-20/h2-8,10,16H,9H2,1H3,(H,21,22)(H,23,24)/t16-/m0/s1. The molecular weight excluding hydrogens is 336 g/mol. The SMILES string of the molecule is COC(=O)c1cccc(C(=O)N[C@@H](Cc2cccc(C#N)c2)C(=O)O)c1. The number of ether oxygens (including phenoxy) is 1. The molecule has 2 N–H and O–H groups in total. The summed E-state index contributed by atoms with van der Waals surface area (Å²) in [5.74, 6) is -2.42. The van der Waals surface area contributed by atoms with Gasteiger partial charge in [0.25, 0.3) is 5.91 Å². The maximum absolute atomic E-state index is 12.4. The van der Waals surface area contributed by atoms with Gasteiger partial charge in [0.15, 0.2) is 0 Å². The molecule has 0 saturated carbocycles. The minimum atomic E-state index is -1.20. The number of nitrogens with zero attached hydrogens (tertiary/aromatic N) is 1. The Morgan fingerprint density at radius 2 is 1.85 bits per heavy atom. The summed E-state index contributed by atoms with van der Waals surface area (Å²) < 4.78 is 4.60. The van der Waals surface area contributed by atoms with Crippen LogP contribution >= 0.6 is 0 Å². The second-order valence-electron chi connectivity index (χ2n) is 5.45. The summed E-state index contributed by atoms with van der Waals surface area (Å²) in [5, 5.41) is 20.7. The van der Waals surface area contributed by atoms with Crippen molar-refractivity contribution < 1.29 is 24.2 Å². The smallest absolute Gasteiger partial charge is 0.337 e. The van der Waals surface area contributed by atoms with E-state index in [9.17, 15) is 19.5 Å². The lowest BCUT2D eigenvalue weighted by Crippen LogP contribution is -2.42. The van der Waals surface area contributed by atoms with Crippen molar-refractivity contribution in [1.29, 1.82) is 5.26 Å². The van der Waals surface area contributed by atoms with Crippen molar-refractivity contribution >= 4 is 17.8 Å². The molecule has 1 amide bonds. The van der Waals surface area contributed by atoms with E-state index in [1.54, 1.807) is 24.3 Å². The molecule has 0 saturated heterocycles. The van der Waals surface area contributed by atoms with Crippen LogP contribution in [-0.2, 0) is 16.0 Å². The minimum absolute atomic E-state index is 0.0211. The second kappa shape index (κ2) is 8.44. The normalized spacial score (nSPS) is 11.1. The molecule has 26 heavy (non-hydrogen) atoms. The van der Waals surface area contributed by atoms with Gasteiger partial charge in [-0.25, -0.2) is 9.59 Å². The third kappa shape index (κ3) is 4.68. The number of amides is 1. The molecule has 7 nitrogen and oxygen atoms in total. The number of esters is 1. The Morgan fingerprint density at radius 3 is 2.50 bits per heavy atom. The molecule has 0 aliphatic carbocycles. The zero-order chi connectivity index (χ0) is 19.1. The molecule has 0 bridgehead atoms. The first kappa shape index (κ1) is 18.7. The van der Waals surface area contributed by atoms with Gasteiger partial charge in [0.05, 0.1) is 24.3 Å². The molecule has 0 aromatic heterocycles. The van der Waals surface area contributed by atoms with Crippen molar-refractivity contribution in [3.8, 4) is 6.07 Å². The Morgan fingerprint density at radius 1 is 1.15 bits per heavy atom. The number of aliphatic carboxylic acids is 1. The number of rotatable bonds is 6. The summed E-state index contributed by atoms with van der Waals surface area (Å²) in [5.41, 5.74) is 1.35. The molecule has 1 atom stereocenters. The number of nitriles is 1. The van der Waals surface area contributed by atoms with E-state index in [1.807, 2.05) is 6.07 Å². The van der Waals surface area contributed by atoms with Gasteiger partial charge in [-0.3, -0.25) is 4.79 Å². The highest BCUT2D eigenvalue weighted by molar-refractivity contribution is 5.99. The number of carboxylic acid groups (broad SMARTS) is 1. The number of nitrogens with one attached hydrogen (secondary N) is 1. The summed E-state index contributed by atoms with van der Waals surface area (Å²) in [6.45, 7) is 0. The predicted octanol–water partition coefficient (Wildman–Crippen LogP) is 1.77. The van der Waals surface area contributed by atoms with Gasteiger partial charge < -0.3 is 15.2 Å². The van der Waals surface area contributed by atoms with Crippen LogP contribution in [0.15, 0.2) is 48.5 Å². The van der Waals surface area contributed by atoms with E-state index in [-0.39, 0.29) is 17.5 Å². The summed E-state index contributed by atoms with van der Waals surface area (Å²) in [6.07, 6.45) is 0.0211. The summed E-state index contributed by atoms with van der Waals surface area (Å²) in [7, 11) is 1.23. The van der Waals surface area contributed by atoms with Gasteiger partial charge >= 0.3 is 11.9 Å². The van der Waals surface area contributed by atoms with Crippen molar-refractivity contribution in [3.05, 3.63) is 70.8 Å². The Labute approximate surface area is 149 Å². The third-order valence-corrected chi connectivity index (χ3v) is 3.65. The van der Waals surface area contributed by atoms with E-state index in [0.717, 1.165) is 0 Å². The van der Waals surface area contributed by atoms with E-state index in [0.29, 0.717) is 11.1 Å². The lowest BCUT2D eigenvalue weighted by Gasteiger charge is -2.15. The van der Waals surface area contributed by atoms with E-state index >= 15 is 0 Å². The molecule has 0 aliphatic rings. The van der Waals surface area contributed by atoms with Gasteiger partial charge in [-0.1, -0.05) is 18.2 Å². The van der Waals surface area contributed by atoms with Gasteiger partial charge in [0.2, 0.25) is 0 Å².